The van der Waals surface area contributed by atoms with Gasteiger partial charge >= 0.3 is 0 Å². The molecule has 0 bridgehead atoms. The molecular formula is C17H23N7. The molecular weight excluding hydrogens is 302 g/mol. The van der Waals surface area contributed by atoms with Gasteiger partial charge in [0.15, 0.2) is 0 Å². The van der Waals surface area contributed by atoms with E-state index in [2.05, 4.69) is 49.7 Å². The van der Waals surface area contributed by atoms with Gasteiger partial charge in [0.2, 0.25) is 5.65 Å². The van der Waals surface area contributed by atoms with Crippen LogP contribution in [0.1, 0.15) is 38.3 Å². The van der Waals surface area contributed by atoms with E-state index >= 15 is 0 Å². The maximum atomic E-state index is 4.62. The minimum atomic E-state index is 0.377. The van der Waals surface area contributed by atoms with Crippen molar-refractivity contribution in [3.63, 3.8) is 0 Å². The van der Waals surface area contributed by atoms with Crippen molar-refractivity contribution in [2.45, 2.75) is 39.2 Å². The van der Waals surface area contributed by atoms with Crippen LogP contribution in [0.25, 0.3) is 5.65 Å². The Balaban J connectivity index is 1.62. The Morgan fingerprint density at radius 2 is 2.21 bits per heavy atom. The maximum Gasteiger partial charge on any atom is 0.200 e. The number of imidazole rings is 1. The monoisotopic (exact) mass is 325 g/mol. The largest absolute Gasteiger partial charge is 0.368 e. The van der Waals surface area contributed by atoms with Gasteiger partial charge in [-0.1, -0.05) is 13.8 Å². The summed E-state index contributed by atoms with van der Waals surface area (Å²) >= 11 is 0. The highest BCUT2D eigenvalue weighted by Gasteiger charge is 2.23. The predicted molar refractivity (Wildman–Crippen MR) is 92.0 cm³/mol. The average molecular weight is 325 g/mol. The maximum absolute atomic E-state index is 4.62. The first-order valence-corrected chi connectivity index (χ1v) is 8.62. The molecule has 0 spiro atoms. The third-order valence-electron chi connectivity index (χ3n) is 4.75. The second-order valence-corrected chi connectivity index (χ2v) is 6.92. The summed E-state index contributed by atoms with van der Waals surface area (Å²) in [5.41, 5.74) is 3.08. The van der Waals surface area contributed by atoms with Gasteiger partial charge in [0.1, 0.15) is 6.33 Å². The standard InChI is InChI=1S/C17H23N7/c1-13(2)15-8-16(17-20-19-12-24(17)21-15)23-6-3-4-14(10-23)9-22-7-5-18-11-22/h5,7-8,11-14H,3-4,6,9-10H2,1-2H3. The van der Waals surface area contributed by atoms with E-state index in [1.165, 1.54) is 12.8 Å². The van der Waals surface area contributed by atoms with Gasteiger partial charge in [0.25, 0.3) is 0 Å². The molecule has 0 N–H and O–H groups in total. The molecule has 3 aromatic rings. The second kappa shape index (κ2) is 6.22. The lowest BCUT2D eigenvalue weighted by Gasteiger charge is -2.34. The Kier molecular flexibility index (Phi) is 3.92. The minimum absolute atomic E-state index is 0.377. The van der Waals surface area contributed by atoms with Gasteiger partial charge in [-0.3, -0.25) is 0 Å². The van der Waals surface area contributed by atoms with Crippen LogP contribution in [0, 0.1) is 5.92 Å². The zero-order valence-electron chi connectivity index (χ0n) is 14.2. The SMILES string of the molecule is CC(C)c1cc(N2CCCC(Cn3ccnc3)C2)c2nncn2n1. The van der Waals surface area contributed by atoms with Crippen LogP contribution >= 0.6 is 0 Å². The number of hydrogen-bond donors (Lipinski definition) is 0. The first-order valence-electron chi connectivity index (χ1n) is 8.62. The smallest absolute Gasteiger partial charge is 0.200 e. The van der Waals surface area contributed by atoms with Crippen LogP contribution in [0.3, 0.4) is 0 Å². The molecule has 1 atom stereocenters. The molecule has 4 heterocycles. The molecule has 24 heavy (non-hydrogen) atoms. The molecule has 0 saturated carbocycles. The average Bonchev–Trinajstić information content (AvgIpc) is 3.25. The van der Waals surface area contributed by atoms with Crippen LogP contribution in [0.15, 0.2) is 31.1 Å². The van der Waals surface area contributed by atoms with Gasteiger partial charge in [0, 0.05) is 32.0 Å². The quantitative estimate of drug-likeness (QED) is 0.737. The summed E-state index contributed by atoms with van der Waals surface area (Å²) in [6.45, 7) is 7.44. The number of anilines is 1. The van der Waals surface area contributed by atoms with Gasteiger partial charge in [-0.25, -0.2) is 4.98 Å². The van der Waals surface area contributed by atoms with Crippen molar-refractivity contribution in [2.24, 2.45) is 5.92 Å². The molecule has 4 rings (SSSR count). The lowest BCUT2D eigenvalue weighted by molar-refractivity contribution is 0.366. The molecule has 7 heteroatoms. The van der Waals surface area contributed by atoms with Crippen molar-refractivity contribution in [3.8, 4) is 0 Å². The molecule has 0 radical (unpaired) electrons. The number of fused-ring (bicyclic) bond motifs is 1. The minimum Gasteiger partial charge on any atom is -0.368 e. The zero-order chi connectivity index (χ0) is 16.5. The Hall–Kier alpha value is -2.44. The number of nitrogens with zero attached hydrogens (tertiary/aromatic N) is 7. The van der Waals surface area contributed by atoms with Crippen LogP contribution in [-0.2, 0) is 6.54 Å². The lowest BCUT2D eigenvalue weighted by atomic mass is 9.97. The van der Waals surface area contributed by atoms with E-state index in [1.807, 2.05) is 23.2 Å². The highest BCUT2D eigenvalue weighted by Crippen LogP contribution is 2.28. The summed E-state index contributed by atoms with van der Waals surface area (Å²) in [7, 11) is 0. The molecule has 1 saturated heterocycles. The fraction of sp³-hybridized carbons (Fsp3) is 0.529. The normalized spacial score (nSPS) is 18.6. The van der Waals surface area contributed by atoms with E-state index in [-0.39, 0.29) is 0 Å². The van der Waals surface area contributed by atoms with Crippen molar-refractivity contribution in [1.29, 1.82) is 0 Å². The fourth-order valence-corrected chi connectivity index (χ4v) is 3.47. The molecule has 0 aromatic carbocycles. The topological polar surface area (TPSA) is 64.1 Å². The number of piperidine rings is 1. The van der Waals surface area contributed by atoms with E-state index < -0.39 is 0 Å². The summed E-state index contributed by atoms with van der Waals surface area (Å²) < 4.78 is 3.98. The number of aromatic nitrogens is 6. The van der Waals surface area contributed by atoms with Gasteiger partial charge in [0.05, 0.1) is 17.7 Å². The van der Waals surface area contributed by atoms with Crippen molar-refractivity contribution in [3.05, 3.63) is 36.8 Å². The molecule has 1 aliphatic rings. The van der Waals surface area contributed by atoms with Gasteiger partial charge in [-0.2, -0.15) is 9.61 Å². The molecule has 0 aliphatic carbocycles. The van der Waals surface area contributed by atoms with E-state index in [0.29, 0.717) is 11.8 Å². The number of rotatable bonds is 4. The fourth-order valence-electron chi connectivity index (χ4n) is 3.47. The van der Waals surface area contributed by atoms with E-state index in [4.69, 9.17) is 0 Å². The van der Waals surface area contributed by atoms with Crippen molar-refractivity contribution in [1.82, 2.24) is 29.4 Å². The molecule has 3 aromatic heterocycles. The third-order valence-corrected chi connectivity index (χ3v) is 4.75. The third kappa shape index (κ3) is 2.86. The first kappa shape index (κ1) is 15.1. The lowest BCUT2D eigenvalue weighted by Crippen LogP contribution is -2.37. The van der Waals surface area contributed by atoms with Gasteiger partial charge in [-0.15, -0.1) is 10.2 Å². The Bertz CT molecular complexity index is 806. The molecule has 1 unspecified atom stereocenters. The first-order chi connectivity index (χ1) is 11.7. The van der Waals surface area contributed by atoms with Gasteiger partial charge < -0.3 is 9.47 Å². The van der Waals surface area contributed by atoms with Crippen molar-refractivity contribution >= 4 is 11.3 Å². The van der Waals surface area contributed by atoms with E-state index in [9.17, 15) is 0 Å². The number of hydrogen-bond acceptors (Lipinski definition) is 5. The Morgan fingerprint density at radius 3 is 3.00 bits per heavy atom. The Morgan fingerprint density at radius 1 is 1.29 bits per heavy atom. The van der Waals surface area contributed by atoms with Crippen LogP contribution in [0.4, 0.5) is 5.69 Å². The predicted octanol–water partition coefficient (Wildman–Crippen LogP) is 2.36. The molecule has 1 aliphatic heterocycles. The van der Waals surface area contributed by atoms with Crippen molar-refractivity contribution < 1.29 is 0 Å². The summed E-state index contributed by atoms with van der Waals surface area (Å²) in [6.07, 6.45) is 9.92. The van der Waals surface area contributed by atoms with Crippen LogP contribution in [-0.4, -0.2) is 42.5 Å². The second-order valence-electron chi connectivity index (χ2n) is 6.92. The van der Waals surface area contributed by atoms with E-state index in [1.54, 1.807) is 6.33 Å². The molecule has 0 amide bonds. The van der Waals surface area contributed by atoms with E-state index in [0.717, 1.165) is 36.7 Å². The summed E-state index contributed by atoms with van der Waals surface area (Å²) in [5, 5.41) is 13.0. The van der Waals surface area contributed by atoms with Crippen LogP contribution in [0.5, 0.6) is 0 Å². The Labute approximate surface area is 141 Å². The molecule has 1 fully saturated rings. The molecule has 7 nitrogen and oxygen atoms in total. The van der Waals surface area contributed by atoms with Crippen LogP contribution in [0.2, 0.25) is 0 Å². The summed E-state index contributed by atoms with van der Waals surface area (Å²) in [5.74, 6) is 0.994. The highest BCUT2D eigenvalue weighted by molar-refractivity contribution is 5.68. The zero-order valence-corrected chi connectivity index (χ0v) is 14.2. The summed E-state index contributed by atoms with van der Waals surface area (Å²) in [4.78, 5) is 6.60. The van der Waals surface area contributed by atoms with Gasteiger partial charge in [-0.05, 0) is 30.7 Å². The summed E-state index contributed by atoms with van der Waals surface area (Å²) in [6, 6.07) is 2.19. The highest BCUT2D eigenvalue weighted by atomic mass is 15.4. The molecule has 126 valence electrons. The van der Waals surface area contributed by atoms with Crippen LogP contribution < -0.4 is 4.90 Å². The van der Waals surface area contributed by atoms with Crippen molar-refractivity contribution in [2.75, 3.05) is 18.0 Å².